The third-order valence-electron chi connectivity index (χ3n) is 3.06. The molecule has 4 nitrogen and oxygen atoms in total. The topological polar surface area (TPSA) is 52.6 Å². The monoisotopic (exact) mass is 234 g/mol. The molecule has 1 aromatic carbocycles. The largest absolute Gasteiger partial charge is 0.388 e. The van der Waals surface area contributed by atoms with E-state index in [4.69, 9.17) is 0 Å². The molecule has 2 rings (SSSR count). The summed E-state index contributed by atoms with van der Waals surface area (Å²) in [5.41, 5.74) is 1.88. The molecule has 1 fully saturated rings. The van der Waals surface area contributed by atoms with Crippen LogP contribution in [-0.2, 0) is 4.79 Å². The number of hydrogen-bond acceptors (Lipinski definition) is 3. The van der Waals surface area contributed by atoms with Crippen LogP contribution in [0.2, 0.25) is 0 Å². The van der Waals surface area contributed by atoms with Crippen LogP contribution < -0.4 is 10.2 Å². The van der Waals surface area contributed by atoms with Gasteiger partial charge in [0.25, 0.3) is 0 Å². The maximum Gasteiger partial charge on any atom is 0.239 e. The molecule has 0 aliphatic carbocycles. The molecule has 0 aromatic heterocycles. The van der Waals surface area contributed by atoms with E-state index in [0.717, 1.165) is 17.8 Å². The number of benzene rings is 1. The Morgan fingerprint density at radius 1 is 1.47 bits per heavy atom. The van der Waals surface area contributed by atoms with Gasteiger partial charge in [0.15, 0.2) is 0 Å². The molecule has 17 heavy (non-hydrogen) atoms. The molecule has 1 saturated heterocycles. The summed E-state index contributed by atoms with van der Waals surface area (Å²) in [6.45, 7) is 3.77. The number of piperazine rings is 1. The molecule has 0 saturated carbocycles. The zero-order chi connectivity index (χ0) is 12.3. The third-order valence-corrected chi connectivity index (χ3v) is 3.06. The lowest BCUT2D eigenvalue weighted by Gasteiger charge is -2.31. The summed E-state index contributed by atoms with van der Waals surface area (Å²) in [4.78, 5) is 13.4. The number of amides is 1. The van der Waals surface area contributed by atoms with Crippen molar-refractivity contribution in [1.29, 1.82) is 0 Å². The molecule has 0 spiro atoms. The normalized spacial score (nSPS) is 17.8. The lowest BCUT2D eigenvalue weighted by atomic mass is 10.0. The van der Waals surface area contributed by atoms with Crippen molar-refractivity contribution in [3.63, 3.8) is 0 Å². The van der Waals surface area contributed by atoms with Crippen LogP contribution in [-0.4, -0.2) is 30.6 Å². The minimum absolute atomic E-state index is 0.0389. The summed E-state index contributed by atoms with van der Waals surface area (Å²) >= 11 is 0. The average molecular weight is 234 g/mol. The molecule has 1 heterocycles. The lowest BCUT2D eigenvalue weighted by molar-refractivity contribution is -0.120. The van der Waals surface area contributed by atoms with Gasteiger partial charge >= 0.3 is 0 Å². The lowest BCUT2D eigenvalue weighted by Crippen LogP contribution is -2.48. The first kappa shape index (κ1) is 11.9. The van der Waals surface area contributed by atoms with Crippen molar-refractivity contribution in [3.05, 3.63) is 29.8 Å². The first-order valence-corrected chi connectivity index (χ1v) is 6.01. The molecule has 4 heteroatoms. The van der Waals surface area contributed by atoms with Gasteiger partial charge in [-0.25, -0.2) is 0 Å². The van der Waals surface area contributed by atoms with Crippen molar-refractivity contribution in [2.45, 2.75) is 19.4 Å². The minimum Gasteiger partial charge on any atom is -0.388 e. The fourth-order valence-electron chi connectivity index (χ4n) is 2.12. The molecule has 1 aliphatic rings. The number of nitrogens with zero attached hydrogens (tertiary/aromatic N) is 1. The van der Waals surface area contributed by atoms with Crippen molar-refractivity contribution >= 4 is 11.6 Å². The Kier molecular flexibility index (Phi) is 3.64. The second-order valence-electron chi connectivity index (χ2n) is 4.25. The maximum atomic E-state index is 11.4. The number of para-hydroxylation sites is 1. The molecule has 1 aliphatic heterocycles. The molecule has 1 atom stereocenters. The number of anilines is 1. The van der Waals surface area contributed by atoms with Crippen LogP contribution in [0.3, 0.4) is 0 Å². The maximum absolute atomic E-state index is 11.4. The highest BCUT2D eigenvalue weighted by Gasteiger charge is 2.20. The second kappa shape index (κ2) is 5.19. The quantitative estimate of drug-likeness (QED) is 0.822. The highest BCUT2D eigenvalue weighted by Crippen LogP contribution is 2.28. The van der Waals surface area contributed by atoms with E-state index in [1.54, 1.807) is 0 Å². The van der Waals surface area contributed by atoms with Gasteiger partial charge in [-0.15, -0.1) is 0 Å². The molecular formula is C13H18N2O2. The van der Waals surface area contributed by atoms with Gasteiger partial charge in [0, 0.05) is 24.3 Å². The minimum atomic E-state index is -0.462. The van der Waals surface area contributed by atoms with Crippen molar-refractivity contribution in [2.75, 3.05) is 24.5 Å². The third kappa shape index (κ3) is 2.58. The van der Waals surface area contributed by atoms with Crippen LogP contribution in [0, 0.1) is 0 Å². The number of aliphatic hydroxyl groups is 1. The van der Waals surface area contributed by atoms with E-state index in [9.17, 15) is 9.90 Å². The van der Waals surface area contributed by atoms with E-state index < -0.39 is 6.10 Å². The summed E-state index contributed by atoms with van der Waals surface area (Å²) in [7, 11) is 0. The molecule has 92 valence electrons. The van der Waals surface area contributed by atoms with Crippen molar-refractivity contribution in [2.24, 2.45) is 0 Å². The molecule has 1 aromatic rings. The highest BCUT2D eigenvalue weighted by molar-refractivity contribution is 5.83. The summed E-state index contributed by atoms with van der Waals surface area (Å²) < 4.78 is 0. The Morgan fingerprint density at radius 2 is 2.24 bits per heavy atom. The fraction of sp³-hybridized carbons (Fsp3) is 0.462. The summed E-state index contributed by atoms with van der Waals surface area (Å²) in [5.74, 6) is 0.0389. The average Bonchev–Trinajstić information content (AvgIpc) is 2.38. The number of rotatable bonds is 3. The number of aliphatic hydroxyl groups excluding tert-OH is 1. The van der Waals surface area contributed by atoms with E-state index in [-0.39, 0.29) is 5.91 Å². The van der Waals surface area contributed by atoms with Crippen LogP contribution >= 0.6 is 0 Å². The van der Waals surface area contributed by atoms with Gasteiger partial charge < -0.3 is 15.3 Å². The SMILES string of the molecule is CCC(O)c1ccccc1N1CCNC(=O)C1. The molecule has 0 radical (unpaired) electrons. The van der Waals surface area contributed by atoms with Gasteiger partial charge in [-0.3, -0.25) is 4.79 Å². The van der Waals surface area contributed by atoms with Crippen molar-refractivity contribution in [3.8, 4) is 0 Å². The molecular weight excluding hydrogens is 216 g/mol. The van der Waals surface area contributed by atoms with Crippen LogP contribution in [0.4, 0.5) is 5.69 Å². The van der Waals surface area contributed by atoms with Gasteiger partial charge in [0.2, 0.25) is 5.91 Å². The fourth-order valence-corrected chi connectivity index (χ4v) is 2.12. The predicted octanol–water partition coefficient (Wildman–Crippen LogP) is 1.07. The van der Waals surface area contributed by atoms with Gasteiger partial charge in [-0.1, -0.05) is 25.1 Å². The first-order valence-electron chi connectivity index (χ1n) is 6.01. The Balaban J connectivity index is 2.27. The summed E-state index contributed by atoms with van der Waals surface area (Å²) in [6, 6.07) is 7.75. The Morgan fingerprint density at radius 3 is 2.94 bits per heavy atom. The van der Waals surface area contributed by atoms with E-state index >= 15 is 0 Å². The van der Waals surface area contributed by atoms with Crippen LogP contribution in [0.15, 0.2) is 24.3 Å². The van der Waals surface area contributed by atoms with Crippen LogP contribution in [0.1, 0.15) is 25.0 Å². The van der Waals surface area contributed by atoms with Crippen molar-refractivity contribution < 1.29 is 9.90 Å². The zero-order valence-corrected chi connectivity index (χ0v) is 10.0. The number of carbonyl (C=O) groups is 1. The first-order chi connectivity index (χ1) is 8.22. The standard InChI is InChI=1S/C13H18N2O2/c1-2-12(16)10-5-3-4-6-11(10)15-8-7-14-13(17)9-15/h3-6,12,16H,2,7-9H2,1H3,(H,14,17). The molecule has 1 unspecified atom stereocenters. The van der Waals surface area contributed by atoms with Gasteiger partial charge in [0.1, 0.15) is 0 Å². The van der Waals surface area contributed by atoms with E-state index in [2.05, 4.69) is 5.32 Å². The number of nitrogens with one attached hydrogen (secondary N) is 1. The smallest absolute Gasteiger partial charge is 0.239 e. The molecule has 2 N–H and O–H groups in total. The van der Waals surface area contributed by atoms with Crippen molar-refractivity contribution in [1.82, 2.24) is 5.32 Å². The van der Waals surface area contributed by atoms with E-state index in [1.807, 2.05) is 36.1 Å². The number of carbonyl (C=O) groups excluding carboxylic acids is 1. The van der Waals surface area contributed by atoms with Gasteiger partial charge in [-0.2, -0.15) is 0 Å². The molecule has 0 bridgehead atoms. The van der Waals surface area contributed by atoms with Gasteiger partial charge in [0.05, 0.1) is 12.6 Å². The second-order valence-corrected chi connectivity index (χ2v) is 4.25. The summed E-state index contributed by atoms with van der Waals surface area (Å²) in [6.07, 6.45) is 0.216. The van der Waals surface area contributed by atoms with E-state index in [1.165, 1.54) is 0 Å². The Labute approximate surface area is 101 Å². The van der Waals surface area contributed by atoms with Gasteiger partial charge in [-0.05, 0) is 12.5 Å². The zero-order valence-electron chi connectivity index (χ0n) is 10.0. The Bertz CT molecular complexity index is 406. The van der Waals surface area contributed by atoms with Crippen LogP contribution in [0.5, 0.6) is 0 Å². The predicted molar refractivity (Wildman–Crippen MR) is 66.9 cm³/mol. The number of hydrogen-bond donors (Lipinski definition) is 2. The van der Waals surface area contributed by atoms with E-state index in [0.29, 0.717) is 19.5 Å². The highest BCUT2D eigenvalue weighted by atomic mass is 16.3. The van der Waals surface area contributed by atoms with Crippen LogP contribution in [0.25, 0.3) is 0 Å². The molecule has 1 amide bonds. The Hall–Kier alpha value is -1.55. The summed E-state index contributed by atoms with van der Waals surface area (Å²) in [5, 5.41) is 12.8.